The van der Waals surface area contributed by atoms with E-state index in [2.05, 4.69) is 15.7 Å². The van der Waals surface area contributed by atoms with Gasteiger partial charge in [-0.1, -0.05) is 35.9 Å². The largest absolute Gasteiger partial charge is 0.454 e. The molecular formula is C23H21F3N4O3. The Morgan fingerprint density at radius 1 is 1.15 bits per heavy atom. The van der Waals surface area contributed by atoms with Crippen molar-refractivity contribution in [3.63, 3.8) is 0 Å². The third-order valence-corrected chi connectivity index (χ3v) is 5.79. The number of nitrogens with zero attached hydrogens (tertiary/aromatic N) is 2. The van der Waals surface area contributed by atoms with E-state index >= 15 is 0 Å². The van der Waals surface area contributed by atoms with Gasteiger partial charge in [-0.15, -0.1) is 0 Å². The molecule has 2 N–H and O–H groups in total. The highest BCUT2D eigenvalue weighted by Crippen LogP contribution is 2.43. The van der Waals surface area contributed by atoms with Crippen molar-refractivity contribution in [3.05, 3.63) is 70.9 Å². The van der Waals surface area contributed by atoms with Crippen molar-refractivity contribution < 1.29 is 27.4 Å². The van der Waals surface area contributed by atoms with Crippen LogP contribution >= 0.6 is 0 Å². The fourth-order valence-electron chi connectivity index (χ4n) is 4.03. The number of amides is 1. The summed E-state index contributed by atoms with van der Waals surface area (Å²) in [5, 5.41) is 9.79. The highest BCUT2D eigenvalue weighted by Gasteiger charge is 2.46. The van der Waals surface area contributed by atoms with Gasteiger partial charge in [0, 0.05) is 19.0 Å². The predicted octanol–water partition coefficient (Wildman–Crippen LogP) is 4.51. The molecule has 0 radical (unpaired) electrons. The summed E-state index contributed by atoms with van der Waals surface area (Å²) in [5.41, 5.74) is 2.45. The molecule has 0 saturated carbocycles. The summed E-state index contributed by atoms with van der Waals surface area (Å²) in [6.07, 6.45) is -4.73. The number of alkyl halides is 3. The zero-order chi connectivity index (χ0) is 23.2. The Balaban J connectivity index is 1.35. The molecule has 2 atom stereocenters. The number of benzene rings is 2. The SMILES string of the molecule is Cc1ccc([C@H]2C[C@H](C(F)(F)F)n3nc(C(=O)NCc4ccc5c(c4)OCO5)cc3N2)cc1. The Kier molecular flexibility index (Phi) is 5.15. The quantitative estimate of drug-likeness (QED) is 0.602. The summed E-state index contributed by atoms with van der Waals surface area (Å²) in [7, 11) is 0. The lowest BCUT2D eigenvalue weighted by molar-refractivity contribution is -0.173. The van der Waals surface area contributed by atoms with Crippen molar-refractivity contribution in [2.24, 2.45) is 0 Å². The molecule has 0 unspecified atom stereocenters. The van der Waals surface area contributed by atoms with Crippen LogP contribution in [0.25, 0.3) is 0 Å². The smallest absolute Gasteiger partial charge is 0.410 e. The molecule has 0 aliphatic carbocycles. The van der Waals surface area contributed by atoms with Gasteiger partial charge in [-0.2, -0.15) is 18.3 Å². The van der Waals surface area contributed by atoms with Crippen molar-refractivity contribution in [3.8, 4) is 11.5 Å². The molecule has 3 heterocycles. The van der Waals surface area contributed by atoms with Crippen LogP contribution in [0, 0.1) is 6.92 Å². The van der Waals surface area contributed by atoms with Crippen molar-refractivity contribution in [2.45, 2.75) is 38.1 Å². The first-order valence-electron chi connectivity index (χ1n) is 10.4. The number of ether oxygens (including phenoxy) is 2. The predicted molar refractivity (Wildman–Crippen MR) is 113 cm³/mol. The first-order chi connectivity index (χ1) is 15.8. The molecule has 33 heavy (non-hydrogen) atoms. The average Bonchev–Trinajstić information content (AvgIpc) is 3.43. The standard InChI is InChI=1S/C23H21F3N4O3/c1-13-2-5-15(6-3-13)16-9-20(23(24,25)26)30-21(28-16)10-17(29-30)22(31)27-11-14-4-7-18-19(8-14)33-12-32-18/h2-8,10,16,20,28H,9,11-12H2,1H3,(H,27,31)/t16-,20-/m1/s1. The average molecular weight is 458 g/mol. The number of nitrogens with one attached hydrogen (secondary N) is 2. The maximum absolute atomic E-state index is 13.9. The second kappa shape index (κ2) is 8.02. The number of halogens is 3. The number of hydrogen-bond acceptors (Lipinski definition) is 5. The van der Waals surface area contributed by atoms with Crippen molar-refractivity contribution in [1.29, 1.82) is 0 Å². The van der Waals surface area contributed by atoms with Gasteiger partial charge >= 0.3 is 6.18 Å². The normalized spacial score (nSPS) is 19.0. The minimum absolute atomic E-state index is 0.0861. The molecule has 0 spiro atoms. The molecular weight excluding hydrogens is 437 g/mol. The maximum Gasteiger partial charge on any atom is 0.410 e. The summed E-state index contributed by atoms with van der Waals surface area (Å²) in [6.45, 7) is 2.22. The molecule has 172 valence electrons. The van der Waals surface area contributed by atoms with E-state index in [4.69, 9.17) is 9.47 Å². The Morgan fingerprint density at radius 2 is 1.91 bits per heavy atom. The van der Waals surface area contributed by atoms with E-state index in [0.717, 1.165) is 21.4 Å². The Morgan fingerprint density at radius 3 is 2.67 bits per heavy atom. The summed E-state index contributed by atoms with van der Waals surface area (Å²) >= 11 is 0. The van der Waals surface area contributed by atoms with Crippen molar-refractivity contribution in [2.75, 3.05) is 12.1 Å². The van der Waals surface area contributed by atoms with Crippen LogP contribution in [0.3, 0.4) is 0 Å². The molecule has 0 saturated heterocycles. The zero-order valence-corrected chi connectivity index (χ0v) is 17.6. The van der Waals surface area contributed by atoms with Gasteiger partial charge in [-0.05, 0) is 30.2 Å². The number of fused-ring (bicyclic) bond motifs is 2. The van der Waals surface area contributed by atoms with E-state index in [-0.39, 0.29) is 31.3 Å². The lowest BCUT2D eigenvalue weighted by Gasteiger charge is -2.33. The molecule has 5 rings (SSSR count). The summed E-state index contributed by atoms with van der Waals surface area (Å²) in [6, 6.07) is 11.6. The van der Waals surface area contributed by atoms with Gasteiger partial charge in [-0.25, -0.2) is 4.68 Å². The van der Waals surface area contributed by atoms with Gasteiger partial charge in [0.2, 0.25) is 6.79 Å². The fraction of sp³-hybridized carbons (Fsp3) is 0.304. The van der Waals surface area contributed by atoms with Gasteiger partial charge in [0.15, 0.2) is 23.2 Å². The second-order valence-electron chi connectivity index (χ2n) is 8.13. The third-order valence-electron chi connectivity index (χ3n) is 5.79. The van der Waals surface area contributed by atoms with Crippen LogP contribution in [0.4, 0.5) is 19.0 Å². The molecule has 1 amide bonds. The van der Waals surface area contributed by atoms with Crippen LogP contribution in [0.15, 0.2) is 48.5 Å². The van der Waals surface area contributed by atoms with E-state index in [1.807, 2.05) is 31.2 Å². The molecule has 7 nitrogen and oxygen atoms in total. The number of carbonyl (C=O) groups is 1. The van der Waals surface area contributed by atoms with Crippen LogP contribution in [-0.2, 0) is 6.54 Å². The van der Waals surface area contributed by atoms with Gasteiger partial charge in [0.05, 0.1) is 6.04 Å². The zero-order valence-electron chi connectivity index (χ0n) is 17.6. The van der Waals surface area contributed by atoms with Crippen LogP contribution in [0.1, 0.15) is 45.7 Å². The van der Waals surface area contributed by atoms with Crippen molar-refractivity contribution in [1.82, 2.24) is 15.1 Å². The minimum atomic E-state index is -4.51. The number of aryl methyl sites for hydroxylation is 1. The molecule has 2 aromatic carbocycles. The van der Waals surface area contributed by atoms with Crippen LogP contribution in [0.5, 0.6) is 11.5 Å². The molecule has 0 fully saturated rings. The number of carbonyl (C=O) groups excluding carboxylic acids is 1. The van der Waals surface area contributed by atoms with Crippen LogP contribution in [0.2, 0.25) is 0 Å². The number of aromatic nitrogens is 2. The minimum Gasteiger partial charge on any atom is -0.454 e. The number of rotatable bonds is 4. The molecule has 2 aliphatic rings. The topological polar surface area (TPSA) is 77.4 Å². The van der Waals surface area contributed by atoms with E-state index in [1.54, 1.807) is 18.2 Å². The van der Waals surface area contributed by atoms with E-state index in [1.165, 1.54) is 6.07 Å². The molecule has 10 heteroatoms. The Hall–Kier alpha value is -3.69. The fourth-order valence-corrected chi connectivity index (χ4v) is 4.03. The van der Waals surface area contributed by atoms with E-state index in [9.17, 15) is 18.0 Å². The Bertz CT molecular complexity index is 1190. The Labute approximate surface area is 187 Å². The highest BCUT2D eigenvalue weighted by molar-refractivity contribution is 5.93. The lowest BCUT2D eigenvalue weighted by atomic mass is 9.96. The molecule has 1 aromatic heterocycles. The van der Waals surface area contributed by atoms with Gasteiger partial charge in [0.1, 0.15) is 5.82 Å². The lowest BCUT2D eigenvalue weighted by Crippen LogP contribution is -2.35. The van der Waals surface area contributed by atoms with Gasteiger partial charge in [0.25, 0.3) is 5.91 Å². The van der Waals surface area contributed by atoms with E-state index < -0.39 is 24.2 Å². The molecule has 0 bridgehead atoms. The van der Waals surface area contributed by atoms with Gasteiger partial charge in [-0.3, -0.25) is 4.79 Å². The first kappa shape index (κ1) is 21.2. The van der Waals surface area contributed by atoms with Crippen LogP contribution < -0.4 is 20.1 Å². The second-order valence-corrected chi connectivity index (χ2v) is 8.13. The highest BCUT2D eigenvalue weighted by atomic mass is 19.4. The van der Waals surface area contributed by atoms with Gasteiger partial charge < -0.3 is 20.1 Å². The van der Waals surface area contributed by atoms with E-state index in [0.29, 0.717) is 11.5 Å². The summed E-state index contributed by atoms with van der Waals surface area (Å²) in [5.74, 6) is 0.796. The summed E-state index contributed by atoms with van der Waals surface area (Å²) in [4.78, 5) is 12.7. The van der Waals surface area contributed by atoms with Crippen LogP contribution in [-0.4, -0.2) is 28.7 Å². The first-order valence-corrected chi connectivity index (χ1v) is 10.4. The summed E-state index contributed by atoms with van der Waals surface area (Å²) < 4.78 is 53.0. The molecule has 2 aliphatic heterocycles. The number of anilines is 1. The maximum atomic E-state index is 13.9. The third kappa shape index (κ3) is 4.20. The molecule has 3 aromatic rings. The monoisotopic (exact) mass is 458 g/mol. The van der Waals surface area contributed by atoms with Crippen molar-refractivity contribution >= 4 is 11.7 Å². The number of hydrogen-bond donors (Lipinski definition) is 2.